The van der Waals surface area contributed by atoms with Gasteiger partial charge in [0.15, 0.2) is 0 Å². The molecular weight excluding hydrogens is 278 g/mol. The zero-order valence-corrected chi connectivity index (χ0v) is 13.7. The number of nitrogens with two attached hydrogens (primary N) is 1. The van der Waals surface area contributed by atoms with Gasteiger partial charge in [0.1, 0.15) is 0 Å². The molecular formula is C17H27N3O2. The lowest BCUT2D eigenvalue weighted by molar-refractivity contribution is 0.0398. The molecule has 22 heavy (non-hydrogen) atoms. The van der Waals surface area contributed by atoms with Crippen LogP contribution in [0, 0.1) is 0 Å². The van der Waals surface area contributed by atoms with Crippen LogP contribution in [0.25, 0.3) is 0 Å². The maximum Gasteiger partial charge on any atom is 0.248 e. The predicted octanol–water partition coefficient (Wildman–Crippen LogP) is 1.65. The number of ether oxygens (including phenoxy) is 1. The Labute approximate surface area is 132 Å². The van der Waals surface area contributed by atoms with Crippen molar-refractivity contribution < 1.29 is 9.53 Å². The van der Waals surface area contributed by atoms with Crippen LogP contribution in [0.5, 0.6) is 0 Å². The number of hydrogen-bond donors (Lipinski definition) is 2. The van der Waals surface area contributed by atoms with Crippen molar-refractivity contribution in [2.45, 2.75) is 26.7 Å². The molecule has 0 atom stereocenters. The lowest BCUT2D eigenvalue weighted by Gasteiger charge is -2.27. The highest BCUT2D eigenvalue weighted by Gasteiger charge is 2.14. The zero-order chi connectivity index (χ0) is 15.9. The quantitative estimate of drug-likeness (QED) is 0.804. The second kappa shape index (κ2) is 8.15. The number of carbonyl (C=O) groups excluding carboxylic acids is 1. The smallest absolute Gasteiger partial charge is 0.248 e. The van der Waals surface area contributed by atoms with E-state index in [1.165, 1.54) is 5.56 Å². The molecule has 1 saturated heterocycles. The van der Waals surface area contributed by atoms with Gasteiger partial charge >= 0.3 is 0 Å². The van der Waals surface area contributed by atoms with Gasteiger partial charge in [0.25, 0.3) is 0 Å². The number of carbonyl (C=O) groups is 1. The van der Waals surface area contributed by atoms with Crippen LogP contribution in [0.3, 0.4) is 0 Å². The minimum atomic E-state index is -0.341. The lowest BCUT2D eigenvalue weighted by Crippen LogP contribution is -2.39. The Kier molecular flexibility index (Phi) is 6.21. The van der Waals surface area contributed by atoms with Gasteiger partial charge in [-0.3, -0.25) is 9.69 Å². The van der Waals surface area contributed by atoms with Crippen LogP contribution < -0.4 is 11.1 Å². The summed E-state index contributed by atoms with van der Waals surface area (Å²) in [6.45, 7) is 9.75. The first-order valence-electron chi connectivity index (χ1n) is 8.15. The predicted molar refractivity (Wildman–Crippen MR) is 89.5 cm³/mol. The third-order valence-electron chi connectivity index (χ3n) is 4.25. The van der Waals surface area contributed by atoms with Crippen LogP contribution in [-0.2, 0) is 17.6 Å². The summed E-state index contributed by atoms with van der Waals surface area (Å²) < 4.78 is 5.36. The number of amides is 1. The molecule has 1 heterocycles. The first-order chi connectivity index (χ1) is 10.7. The topological polar surface area (TPSA) is 67.6 Å². The number of morpholine rings is 1. The van der Waals surface area contributed by atoms with Crippen molar-refractivity contribution in [3.63, 3.8) is 0 Å². The van der Waals surface area contributed by atoms with E-state index >= 15 is 0 Å². The molecule has 1 aliphatic heterocycles. The molecule has 1 aromatic rings. The molecule has 1 amide bonds. The fourth-order valence-corrected chi connectivity index (χ4v) is 3.07. The molecule has 1 fully saturated rings. The maximum absolute atomic E-state index is 11.6. The van der Waals surface area contributed by atoms with Gasteiger partial charge in [-0.1, -0.05) is 13.8 Å². The minimum absolute atomic E-state index is 0.341. The van der Waals surface area contributed by atoms with Crippen molar-refractivity contribution in [3.05, 3.63) is 28.8 Å². The van der Waals surface area contributed by atoms with E-state index < -0.39 is 0 Å². The fourth-order valence-electron chi connectivity index (χ4n) is 3.07. The molecule has 0 aromatic heterocycles. The highest BCUT2D eigenvalue weighted by atomic mass is 16.5. The van der Waals surface area contributed by atoms with E-state index in [0.717, 1.165) is 63.5 Å². The van der Waals surface area contributed by atoms with Crippen LogP contribution in [-0.4, -0.2) is 50.2 Å². The van der Waals surface area contributed by atoms with E-state index in [0.29, 0.717) is 5.56 Å². The van der Waals surface area contributed by atoms with Crippen molar-refractivity contribution >= 4 is 11.6 Å². The average molecular weight is 305 g/mol. The number of primary amides is 1. The van der Waals surface area contributed by atoms with Crippen molar-refractivity contribution in [1.29, 1.82) is 0 Å². The number of hydrogen-bond acceptors (Lipinski definition) is 4. The van der Waals surface area contributed by atoms with Crippen molar-refractivity contribution in [2.75, 3.05) is 44.7 Å². The van der Waals surface area contributed by atoms with Gasteiger partial charge in [-0.05, 0) is 36.1 Å². The highest BCUT2D eigenvalue weighted by molar-refractivity contribution is 5.95. The summed E-state index contributed by atoms with van der Waals surface area (Å²) in [5.41, 5.74) is 9.54. The van der Waals surface area contributed by atoms with Gasteiger partial charge in [0, 0.05) is 37.4 Å². The molecule has 0 bridgehead atoms. The molecule has 1 aliphatic rings. The van der Waals surface area contributed by atoms with E-state index in [4.69, 9.17) is 10.5 Å². The summed E-state index contributed by atoms with van der Waals surface area (Å²) in [4.78, 5) is 14.0. The molecule has 5 nitrogen and oxygen atoms in total. The van der Waals surface area contributed by atoms with Gasteiger partial charge in [0.2, 0.25) is 5.91 Å². The molecule has 5 heteroatoms. The molecule has 0 spiro atoms. The van der Waals surface area contributed by atoms with Crippen LogP contribution in [0.15, 0.2) is 12.1 Å². The van der Waals surface area contributed by atoms with Gasteiger partial charge in [-0.2, -0.15) is 0 Å². The number of benzene rings is 1. The number of rotatable bonds is 7. The molecule has 1 aromatic carbocycles. The Hall–Kier alpha value is -1.59. The standard InChI is InChI=1S/C17H27N3O2/c1-3-13-14(4-2)16(6-5-15(13)17(18)21)19-7-8-20-9-11-22-12-10-20/h5-6,19H,3-4,7-12H2,1-2H3,(H2,18,21). The Morgan fingerprint density at radius 1 is 1.23 bits per heavy atom. The number of nitrogens with zero attached hydrogens (tertiary/aromatic N) is 1. The Morgan fingerprint density at radius 3 is 2.50 bits per heavy atom. The Morgan fingerprint density at radius 2 is 1.91 bits per heavy atom. The van der Waals surface area contributed by atoms with Crippen LogP contribution in [0.2, 0.25) is 0 Å². The summed E-state index contributed by atoms with van der Waals surface area (Å²) in [6, 6.07) is 3.83. The molecule has 0 aliphatic carbocycles. The summed E-state index contributed by atoms with van der Waals surface area (Å²) >= 11 is 0. The molecule has 122 valence electrons. The third kappa shape index (κ3) is 3.99. The van der Waals surface area contributed by atoms with Crippen molar-refractivity contribution in [2.24, 2.45) is 5.73 Å². The molecule has 0 unspecified atom stereocenters. The second-order valence-corrected chi connectivity index (χ2v) is 5.57. The molecule has 3 N–H and O–H groups in total. The maximum atomic E-state index is 11.6. The molecule has 0 saturated carbocycles. The van der Waals surface area contributed by atoms with E-state index in [1.54, 1.807) is 0 Å². The number of nitrogens with one attached hydrogen (secondary N) is 1. The van der Waals surface area contributed by atoms with Gasteiger partial charge in [-0.15, -0.1) is 0 Å². The summed E-state index contributed by atoms with van der Waals surface area (Å²) in [5.74, 6) is -0.341. The highest BCUT2D eigenvalue weighted by Crippen LogP contribution is 2.25. The molecule has 0 radical (unpaired) electrons. The fraction of sp³-hybridized carbons (Fsp3) is 0.588. The van der Waals surface area contributed by atoms with Crippen LogP contribution in [0.1, 0.15) is 35.3 Å². The third-order valence-corrected chi connectivity index (χ3v) is 4.25. The van der Waals surface area contributed by atoms with Crippen LogP contribution >= 0.6 is 0 Å². The minimum Gasteiger partial charge on any atom is -0.384 e. The summed E-state index contributed by atoms with van der Waals surface area (Å²) in [6.07, 6.45) is 1.71. The SMILES string of the molecule is CCc1c(NCCN2CCOCC2)ccc(C(N)=O)c1CC. The average Bonchev–Trinajstić information content (AvgIpc) is 2.54. The zero-order valence-electron chi connectivity index (χ0n) is 13.7. The van der Waals surface area contributed by atoms with Crippen LogP contribution in [0.4, 0.5) is 5.69 Å². The summed E-state index contributed by atoms with van der Waals surface area (Å²) in [5, 5.41) is 3.52. The lowest BCUT2D eigenvalue weighted by atomic mass is 9.95. The molecule has 2 rings (SSSR count). The van der Waals surface area contributed by atoms with E-state index in [9.17, 15) is 4.79 Å². The largest absolute Gasteiger partial charge is 0.384 e. The Balaban J connectivity index is 2.05. The normalized spacial score (nSPS) is 15.7. The van der Waals surface area contributed by atoms with E-state index in [1.807, 2.05) is 12.1 Å². The van der Waals surface area contributed by atoms with Crippen molar-refractivity contribution in [1.82, 2.24) is 4.90 Å². The summed E-state index contributed by atoms with van der Waals surface area (Å²) in [7, 11) is 0. The van der Waals surface area contributed by atoms with E-state index in [-0.39, 0.29) is 5.91 Å². The number of anilines is 1. The monoisotopic (exact) mass is 305 g/mol. The van der Waals surface area contributed by atoms with Gasteiger partial charge in [0.05, 0.1) is 13.2 Å². The Bertz CT molecular complexity index is 511. The van der Waals surface area contributed by atoms with Crippen molar-refractivity contribution in [3.8, 4) is 0 Å². The van der Waals surface area contributed by atoms with Gasteiger partial charge < -0.3 is 15.8 Å². The van der Waals surface area contributed by atoms with E-state index in [2.05, 4.69) is 24.1 Å². The van der Waals surface area contributed by atoms with Gasteiger partial charge in [-0.25, -0.2) is 0 Å². The first-order valence-corrected chi connectivity index (χ1v) is 8.15. The second-order valence-electron chi connectivity index (χ2n) is 5.57. The first kappa shape index (κ1) is 16.8.